The number of aromatic nitrogens is 1. The maximum Gasteiger partial charge on any atom is 0.227 e. The molecule has 3 aromatic carbocycles. The van der Waals surface area contributed by atoms with Crippen LogP contribution in [-0.4, -0.2) is 16.8 Å². The minimum absolute atomic E-state index is 0.0875. The van der Waals surface area contributed by atoms with E-state index in [1.54, 1.807) is 0 Å². The highest BCUT2D eigenvalue weighted by Crippen LogP contribution is 2.36. The molecule has 0 radical (unpaired) electrons. The van der Waals surface area contributed by atoms with Gasteiger partial charge in [-0.1, -0.05) is 42.5 Å². The first kappa shape index (κ1) is 19.0. The van der Waals surface area contributed by atoms with Gasteiger partial charge in [0.05, 0.1) is 11.2 Å². The van der Waals surface area contributed by atoms with Gasteiger partial charge in [-0.2, -0.15) is 0 Å². The van der Waals surface area contributed by atoms with Gasteiger partial charge in [-0.3, -0.25) is 9.59 Å². The molecule has 2 aliphatic carbocycles. The smallest absolute Gasteiger partial charge is 0.227 e. The normalized spacial score (nSPS) is 15.6. The summed E-state index contributed by atoms with van der Waals surface area (Å²) in [5.41, 5.74) is 4.27. The number of nitrogens with one attached hydrogen (secondary N) is 2. The van der Waals surface area contributed by atoms with Gasteiger partial charge in [0.25, 0.3) is 0 Å². The number of hydrogen-bond donors (Lipinski definition) is 2. The van der Waals surface area contributed by atoms with Gasteiger partial charge < -0.3 is 10.6 Å². The molecule has 0 unspecified atom stereocenters. The van der Waals surface area contributed by atoms with Crippen LogP contribution in [-0.2, 0) is 9.59 Å². The summed E-state index contributed by atoms with van der Waals surface area (Å²) in [4.78, 5) is 29.5. The fraction of sp³-hybridized carbons (Fsp3) is 0.222. The van der Waals surface area contributed by atoms with E-state index in [1.807, 2.05) is 60.7 Å². The summed E-state index contributed by atoms with van der Waals surface area (Å²) >= 11 is 0. The first-order valence-corrected chi connectivity index (χ1v) is 11.2. The minimum Gasteiger partial charge on any atom is -0.326 e. The van der Waals surface area contributed by atoms with Crippen LogP contribution in [0.25, 0.3) is 32.9 Å². The van der Waals surface area contributed by atoms with Crippen molar-refractivity contribution in [2.75, 3.05) is 10.6 Å². The number of benzene rings is 3. The Kier molecular flexibility index (Phi) is 4.42. The lowest BCUT2D eigenvalue weighted by atomic mass is 9.99. The lowest BCUT2D eigenvalue weighted by Gasteiger charge is -2.13. The molecule has 0 bridgehead atoms. The van der Waals surface area contributed by atoms with Crippen LogP contribution >= 0.6 is 0 Å². The third-order valence-electron chi connectivity index (χ3n) is 6.27. The van der Waals surface area contributed by atoms with Crippen molar-refractivity contribution in [3.63, 3.8) is 0 Å². The molecule has 32 heavy (non-hydrogen) atoms. The van der Waals surface area contributed by atoms with Crippen molar-refractivity contribution in [3.05, 3.63) is 66.7 Å². The van der Waals surface area contributed by atoms with Crippen molar-refractivity contribution in [3.8, 4) is 11.3 Å². The summed E-state index contributed by atoms with van der Waals surface area (Å²) in [7, 11) is 0. The molecule has 2 aliphatic rings. The fourth-order valence-electron chi connectivity index (χ4n) is 4.16. The molecular weight excluding hydrogens is 398 g/mol. The van der Waals surface area contributed by atoms with Crippen LogP contribution in [0.2, 0.25) is 0 Å². The molecule has 5 nitrogen and oxygen atoms in total. The van der Waals surface area contributed by atoms with Crippen molar-refractivity contribution in [1.29, 1.82) is 0 Å². The Hall–Kier alpha value is -3.73. The molecule has 6 rings (SSSR count). The van der Waals surface area contributed by atoms with Crippen LogP contribution in [0.3, 0.4) is 0 Å². The molecule has 2 N–H and O–H groups in total. The molecule has 1 heterocycles. The summed E-state index contributed by atoms with van der Waals surface area (Å²) < 4.78 is 0. The fourth-order valence-corrected chi connectivity index (χ4v) is 4.16. The van der Waals surface area contributed by atoms with Gasteiger partial charge in [-0.25, -0.2) is 4.98 Å². The summed E-state index contributed by atoms with van der Waals surface area (Å²) in [5, 5.41) is 9.16. The Morgan fingerprint density at radius 1 is 0.688 bits per heavy atom. The van der Waals surface area contributed by atoms with E-state index in [4.69, 9.17) is 4.98 Å². The molecule has 1 aromatic heterocycles. The van der Waals surface area contributed by atoms with E-state index in [1.165, 1.54) is 0 Å². The monoisotopic (exact) mass is 421 g/mol. The summed E-state index contributed by atoms with van der Waals surface area (Å²) in [6.07, 6.45) is 3.89. The van der Waals surface area contributed by atoms with Crippen LogP contribution < -0.4 is 10.6 Å². The maximum absolute atomic E-state index is 12.3. The van der Waals surface area contributed by atoms with E-state index in [2.05, 4.69) is 16.7 Å². The van der Waals surface area contributed by atoms with Gasteiger partial charge in [0, 0.05) is 39.5 Å². The molecule has 0 atom stereocenters. The second-order valence-electron chi connectivity index (χ2n) is 8.85. The first-order chi connectivity index (χ1) is 15.7. The van der Waals surface area contributed by atoms with Crippen LogP contribution in [0, 0.1) is 11.8 Å². The lowest BCUT2D eigenvalue weighted by Crippen LogP contribution is -2.13. The van der Waals surface area contributed by atoms with E-state index in [0.717, 1.165) is 70.0 Å². The molecule has 4 aromatic rings. The number of pyridine rings is 1. The minimum atomic E-state index is 0.0875. The maximum atomic E-state index is 12.3. The number of rotatable bonds is 5. The zero-order valence-electron chi connectivity index (χ0n) is 17.6. The number of anilines is 2. The van der Waals surface area contributed by atoms with E-state index < -0.39 is 0 Å². The Balaban J connectivity index is 1.49. The number of fused-ring (bicyclic) bond motifs is 3. The largest absolute Gasteiger partial charge is 0.326 e. The SMILES string of the molecule is O=C(Nc1ccc2c(c1)nc(-c1ccccc1)c1cc(NC(=O)C3CC3)ccc12)C1CC1. The van der Waals surface area contributed by atoms with Gasteiger partial charge in [0.2, 0.25) is 11.8 Å². The second kappa shape index (κ2) is 7.45. The molecule has 5 heteroatoms. The van der Waals surface area contributed by atoms with Gasteiger partial charge in [0.1, 0.15) is 0 Å². The number of amides is 2. The average molecular weight is 422 g/mol. The topological polar surface area (TPSA) is 71.1 Å². The Morgan fingerprint density at radius 2 is 1.28 bits per heavy atom. The lowest BCUT2D eigenvalue weighted by molar-refractivity contribution is -0.118. The standard InChI is InChI=1S/C27H23N3O2/c31-26(17-6-7-17)28-19-10-12-21-22-13-11-20(29-27(32)18-8-9-18)15-24(22)30-25(23(21)14-19)16-4-2-1-3-5-16/h1-5,10-15,17-18H,6-9H2,(H,28,31)(H,29,32). The molecular formula is C27H23N3O2. The Bertz CT molecular complexity index is 1370. The zero-order chi connectivity index (χ0) is 21.7. The molecule has 2 amide bonds. The molecule has 2 saturated carbocycles. The quantitative estimate of drug-likeness (QED) is 0.403. The first-order valence-electron chi connectivity index (χ1n) is 11.2. The highest BCUT2D eigenvalue weighted by atomic mass is 16.2. The van der Waals surface area contributed by atoms with Crippen molar-refractivity contribution in [2.45, 2.75) is 25.7 Å². The summed E-state index contributed by atoms with van der Waals surface area (Å²) in [6.45, 7) is 0. The second-order valence-corrected chi connectivity index (χ2v) is 8.85. The van der Waals surface area contributed by atoms with E-state index >= 15 is 0 Å². The molecule has 158 valence electrons. The zero-order valence-corrected chi connectivity index (χ0v) is 17.6. The molecule has 2 fully saturated rings. The van der Waals surface area contributed by atoms with Crippen molar-refractivity contribution >= 4 is 44.9 Å². The van der Waals surface area contributed by atoms with Gasteiger partial charge >= 0.3 is 0 Å². The third-order valence-corrected chi connectivity index (χ3v) is 6.27. The predicted octanol–water partition coefficient (Wildman–Crippen LogP) is 5.75. The highest BCUT2D eigenvalue weighted by Gasteiger charge is 2.30. The Labute approximate surface area is 185 Å². The van der Waals surface area contributed by atoms with Gasteiger partial charge in [-0.15, -0.1) is 0 Å². The van der Waals surface area contributed by atoms with Crippen LogP contribution in [0.4, 0.5) is 11.4 Å². The summed E-state index contributed by atoms with van der Waals surface area (Å²) in [5.74, 6) is 0.484. The van der Waals surface area contributed by atoms with Crippen molar-refractivity contribution < 1.29 is 9.59 Å². The third kappa shape index (κ3) is 3.60. The van der Waals surface area contributed by atoms with E-state index in [0.29, 0.717) is 0 Å². The molecule has 0 aliphatic heterocycles. The number of nitrogens with zero attached hydrogens (tertiary/aromatic N) is 1. The average Bonchev–Trinajstić information content (AvgIpc) is 3.71. The molecule has 0 saturated heterocycles. The number of carbonyl (C=O) groups excluding carboxylic acids is 2. The Morgan fingerprint density at radius 3 is 1.91 bits per heavy atom. The van der Waals surface area contributed by atoms with Gasteiger partial charge in [0.15, 0.2) is 0 Å². The van der Waals surface area contributed by atoms with Crippen LogP contribution in [0.1, 0.15) is 25.7 Å². The predicted molar refractivity (Wildman–Crippen MR) is 127 cm³/mol. The van der Waals surface area contributed by atoms with E-state index in [9.17, 15) is 9.59 Å². The number of carbonyl (C=O) groups is 2. The number of hydrogen-bond acceptors (Lipinski definition) is 3. The summed E-state index contributed by atoms with van der Waals surface area (Å²) in [6, 6.07) is 22.0. The van der Waals surface area contributed by atoms with Crippen LogP contribution in [0.5, 0.6) is 0 Å². The van der Waals surface area contributed by atoms with Gasteiger partial charge in [-0.05, 0) is 55.3 Å². The van der Waals surface area contributed by atoms with E-state index in [-0.39, 0.29) is 23.7 Å². The molecule has 0 spiro atoms. The van der Waals surface area contributed by atoms with Crippen LogP contribution in [0.15, 0.2) is 66.7 Å². The van der Waals surface area contributed by atoms with Crippen molar-refractivity contribution in [2.24, 2.45) is 11.8 Å². The van der Waals surface area contributed by atoms with Crippen molar-refractivity contribution in [1.82, 2.24) is 4.98 Å². The highest BCUT2D eigenvalue weighted by molar-refractivity contribution is 6.13.